The highest BCUT2D eigenvalue weighted by molar-refractivity contribution is 9.10. The Morgan fingerprint density at radius 1 is 1.62 bits per heavy atom. The lowest BCUT2D eigenvalue weighted by molar-refractivity contribution is 0.390. The van der Waals surface area contributed by atoms with Gasteiger partial charge in [-0.25, -0.2) is 4.98 Å². The third-order valence-corrected chi connectivity index (χ3v) is 2.92. The van der Waals surface area contributed by atoms with Crippen LogP contribution in [0.4, 0.5) is 5.82 Å². The summed E-state index contributed by atoms with van der Waals surface area (Å²) in [6, 6.07) is 0.271. The summed E-state index contributed by atoms with van der Waals surface area (Å²) in [5.74, 6) is 0.593. The molecule has 5 nitrogen and oxygen atoms in total. The maximum absolute atomic E-state index is 11.3. The molecule has 0 amide bonds. The van der Waals surface area contributed by atoms with Gasteiger partial charge >= 0.3 is 0 Å². The normalized spacial score (nSPS) is 12.8. The maximum Gasteiger partial charge on any atom is 0.267 e. The van der Waals surface area contributed by atoms with E-state index in [1.807, 2.05) is 14.1 Å². The molecule has 0 aliphatic heterocycles. The smallest absolute Gasteiger partial charge is 0.267 e. The Labute approximate surface area is 103 Å². The van der Waals surface area contributed by atoms with Crippen LogP contribution in [0.1, 0.15) is 13.3 Å². The second-order valence-corrected chi connectivity index (χ2v) is 4.82. The predicted molar refractivity (Wildman–Crippen MR) is 68.8 cm³/mol. The molecule has 1 aromatic rings. The number of aromatic nitrogens is 2. The Bertz CT molecular complexity index is 391. The lowest BCUT2D eigenvalue weighted by Gasteiger charge is -2.17. The van der Waals surface area contributed by atoms with Crippen molar-refractivity contribution in [3.8, 4) is 0 Å². The minimum absolute atomic E-state index is 0.169. The molecule has 0 aromatic carbocycles. The van der Waals surface area contributed by atoms with Gasteiger partial charge in [-0.05, 0) is 49.9 Å². The lowest BCUT2D eigenvalue weighted by atomic mass is 10.2. The highest BCUT2D eigenvalue weighted by atomic mass is 79.9. The van der Waals surface area contributed by atoms with Crippen molar-refractivity contribution in [2.45, 2.75) is 19.4 Å². The number of halogens is 1. The topological polar surface area (TPSA) is 61.0 Å². The van der Waals surface area contributed by atoms with Crippen LogP contribution in [-0.2, 0) is 0 Å². The second-order valence-electron chi connectivity index (χ2n) is 4.03. The summed E-state index contributed by atoms with van der Waals surface area (Å²) in [5.41, 5.74) is -0.169. The van der Waals surface area contributed by atoms with E-state index in [-0.39, 0.29) is 11.6 Å². The minimum atomic E-state index is -0.169. The van der Waals surface area contributed by atoms with Crippen molar-refractivity contribution in [2.24, 2.45) is 0 Å². The average Bonchev–Trinajstić information content (AvgIpc) is 2.22. The first-order valence-corrected chi connectivity index (χ1v) is 5.94. The standard InChI is InChI=1S/C10H17BrN4O/c1-7(4-5-15(2)3)14-9-8(11)10(16)13-6-12-9/h6-7H,4-5H2,1-3H3,(H2,12,13,14,16). The van der Waals surface area contributed by atoms with E-state index in [1.165, 1.54) is 6.33 Å². The zero-order valence-electron chi connectivity index (χ0n) is 9.75. The molecule has 1 aromatic heterocycles. The number of hydrogen-bond acceptors (Lipinski definition) is 4. The molecule has 16 heavy (non-hydrogen) atoms. The predicted octanol–water partition coefficient (Wildman–Crippen LogP) is 1.28. The fourth-order valence-electron chi connectivity index (χ4n) is 1.24. The highest BCUT2D eigenvalue weighted by Crippen LogP contribution is 2.14. The first-order valence-electron chi connectivity index (χ1n) is 5.15. The van der Waals surface area contributed by atoms with Crippen LogP contribution in [0, 0.1) is 0 Å². The number of aromatic amines is 1. The van der Waals surface area contributed by atoms with Gasteiger partial charge in [0, 0.05) is 6.04 Å². The van der Waals surface area contributed by atoms with E-state index in [0.29, 0.717) is 10.3 Å². The number of anilines is 1. The van der Waals surface area contributed by atoms with Crippen LogP contribution in [0.3, 0.4) is 0 Å². The molecule has 1 unspecified atom stereocenters. The molecule has 0 aliphatic rings. The molecule has 6 heteroatoms. The molecule has 0 aliphatic carbocycles. The summed E-state index contributed by atoms with van der Waals surface area (Å²) in [6.07, 6.45) is 2.39. The number of rotatable bonds is 5. The molecule has 0 radical (unpaired) electrons. The summed E-state index contributed by atoms with van der Waals surface area (Å²) < 4.78 is 0.451. The zero-order valence-corrected chi connectivity index (χ0v) is 11.3. The molecule has 0 spiro atoms. The van der Waals surface area contributed by atoms with Crippen molar-refractivity contribution < 1.29 is 0 Å². The van der Waals surface area contributed by atoms with Crippen LogP contribution in [-0.4, -0.2) is 41.5 Å². The third-order valence-electron chi connectivity index (χ3n) is 2.19. The van der Waals surface area contributed by atoms with E-state index in [4.69, 9.17) is 0 Å². The van der Waals surface area contributed by atoms with Crippen LogP contribution < -0.4 is 10.9 Å². The molecular formula is C10H17BrN4O. The van der Waals surface area contributed by atoms with Crippen LogP contribution in [0.2, 0.25) is 0 Å². The van der Waals surface area contributed by atoms with Gasteiger partial charge in [-0.1, -0.05) is 0 Å². The molecular weight excluding hydrogens is 272 g/mol. The van der Waals surface area contributed by atoms with Crippen LogP contribution in [0.5, 0.6) is 0 Å². The second kappa shape index (κ2) is 6.00. The third kappa shape index (κ3) is 3.94. The number of H-pyrrole nitrogens is 1. The number of nitrogens with one attached hydrogen (secondary N) is 2. The Hall–Kier alpha value is -0.880. The number of nitrogens with zero attached hydrogens (tertiary/aromatic N) is 2. The first-order chi connectivity index (χ1) is 7.50. The summed E-state index contributed by atoms with van der Waals surface area (Å²) in [4.78, 5) is 20.0. The Morgan fingerprint density at radius 3 is 2.94 bits per heavy atom. The Kier molecular flexibility index (Phi) is 4.95. The van der Waals surface area contributed by atoms with E-state index >= 15 is 0 Å². The minimum Gasteiger partial charge on any atom is -0.366 e. The maximum atomic E-state index is 11.3. The summed E-state index contributed by atoms with van der Waals surface area (Å²) >= 11 is 3.21. The summed E-state index contributed by atoms with van der Waals surface area (Å²) in [6.45, 7) is 3.06. The molecule has 0 fully saturated rings. The van der Waals surface area contributed by atoms with Gasteiger partial charge in [-0.3, -0.25) is 4.79 Å². The van der Waals surface area contributed by atoms with Gasteiger partial charge in [-0.2, -0.15) is 0 Å². The van der Waals surface area contributed by atoms with Gasteiger partial charge in [0.15, 0.2) is 0 Å². The number of hydrogen-bond donors (Lipinski definition) is 2. The van der Waals surface area contributed by atoms with Gasteiger partial charge < -0.3 is 15.2 Å². The molecule has 1 heterocycles. The fourth-order valence-corrected chi connectivity index (χ4v) is 1.57. The van der Waals surface area contributed by atoms with E-state index in [2.05, 4.69) is 43.0 Å². The molecule has 0 saturated carbocycles. The Balaban J connectivity index is 2.59. The van der Waals surface area contributed by atoms with E-state index in [1.54, 1.807) is 0 Å². The SMILES string of the molecule is CC(CCN(C)C)Nc1nc[nH]c(=O)c1Br. The lowest BCUT2D eigenvalue weighted by Crippen LogP contribution is -2.24. The van der Waals surface area contributed by atoms with Gasteiger partial charge in [0.25, 0.3) is 5.56 Å². The summed E-state index contributed by atoms with van der Waals surface area (Å²) in [5, 5.41) is 3.20. The molecule has 0 bridgehead atoms. The van der Waals surface area contributed by atoms with Crippen LogP contribution >= 0.6 is 15.9 Å². The van der Waals surface area contributed by atoms with Crippen molar-refractivity contribution in [3.63, 3.8) is 0 Å². The van der Waals surface area contributed by atoms with Gasteiger partial charge in [0.05, 0.1) is 6.33 Å². The van der Waals surface area contributed by atoms with E-state index < -0.39 is 0 Å². The highest BCUT2D eigenvalue weighted by Gasteiger charge is 2.08. The van der Waals surface area contributed by atoms with Crippen molar-refractivity contribution in [2.75, 3.05) is 26.0 Å². The molecule has 90 valence electrons. The van der Waals surface area contributed by atoms with Gasteiger partial charge in [0.2, 0.25) is 0 Å². The van der Waals surface area contributed by atoms with Crippen LogP contribution in [0.15, 0.2) is 15.6 Å². The molecule has 1 rings (SSSR count). The van der Waals surface area contributed by atoms with Crippen LogP contribution in [0.25, 0.3) is 0 Å². The largest absolute Gasteiger partial charge is 0.366 e. The van der Waals surface area contributed by atoms with E-state index in [0.717, 1.165) is 13.0 Å². The molecule has 1 atom stereocenters. The fraction of sp³-hybridized carbons (Fsp3) is 0.600. The van der Waals surface area contributed by atoms with Crippen molar-refractivity contribution in [3.05, 3.63) is 21.2 Å². The zero-order chi connectivity index (χ0) is 12.1. The first kappa shape index (κ1) is 13.2. The molecule has 0 saturated heterocycles. The Morgan fingerprint density at radius 2 is 2.31 bits per heavy atom. The van der Waals surface area contributed by atoms with Crippen molar-refractivity contribution >= 4 is 21.7 Å². The van der Waals surface area contributed by atoms with Crippen molar-refractivity contribution in [1.82, 2.24) is 14.9 Å². The molecule has 2 N–H and O–H groups in total. The average molecular weight is 289 g/mol. The quantitative estimate of drug-likeness (QED) is 0.857. The van der Waals surface area contributed by atoms with Gasteiger partial charge in [-0.15, -0.1) is 0 Å². The van der Waals surface area contributed by atoms with E-state index in [9.17, 15) is 4.79 Å². The monoisotopic (exact) mass is 288 g/mol. The van der Waals surface area contributed by atoms with Crippen molar-refractivity contribution in [1.29, 1.82) is 0 Å². The van der Waals surface area contributed by atoms with Gasteiger partial charge in [0.1, 0.15) is 10.3 Å². The summed E-state index contributed by atoms with van der Waals surface area (Å²) in [7, 11) is 4.07.